The second-order valence-corrected chi connectivity index (χ2v) is 7.58. The van der Waals surface area contributed by atoms with Gasteiger partial charge in [0.15, 0.2) is 6.61 Å². The van der Waals surface area contributed by atoms with Crippen molar-refractivity contribution in [3.05, 3.63) is 0 Å². The lowest BCUT2D eigenvalue weighted by Gasteiger charge is -2.07. The first-order valence-corrected chi connectivity index (χ1v) is 10.9. The molecule has 26 heavy (non-hydrogen) atoms. The quantitative estimate of drug-likeness (QED) is 0.212. The second kappa shape index (κ2) is 18.7. The standard InChI is InChI=1S/C22H42O4/c1-4-5-6-7-8-9-10-11-12-13-14-15-16-17-18-25-21(23)19-26-22(24)20(2)3/h20H,4-19H2,1-3H3. The number of rotatable bonds is 18. The Bertz CT molecular complexity index is 339. The van der Waals surface area contributed by atoms with Crippen molar-refractivity contribution in [3.63, 3.8) is 0 Å². The van der Waals surface area contributed by atoms with Crippen LogP contribution >= 0.6 is 0 Å². The van der Waals surface area contributed by atoms with Gasteiger partial charge < -0.3 is 9.47 Å². The fourth-order valence-corrected chi connectivity index (χ4v) is 2.82. The number of carbonyl (C=O) groups is 2. The molecule has 0 aliphatic carbocycles. The minimum atomic E-state index is -0.450. The minimum absolute atomic E-state index is 0.214. The molecule has 0 radical (unpaired) electrons. The Balaban J connectivity index is 3.19. The highest BCUT2D eigenvalue weighted by Gasteiger charge is 2.11. The maximum atomic E-state index is 11.4. The van der Waals surface area contributed by atoms with E-state index in [0.29, 0.717) is 6.61 Å². The van der Waals surface area contributed by atoms with Crippen LogP contribution in [-0.4, -0.2) is 25.2 Å². The zero-order chi connectivity index (χ0) is 19.5. The Morgan fingerprint density at radius 2 is 1.08 bits per heavy atom. The van der Waals surface area contributed by atoms with Crippen molar-refractivity contribution in [1.29, 1.82) is 0 Å². The van der Waals surface area contributed by atoms with Gasteiger partial charge in [0.25, 0.3) is 0 Å². The first kappa shape index (κ1) is 24.9. The van der Waals surface area contributed by atoms with Gasteiger partial charge in [-0.1, -0.05) is 104 Å². The lowest BCUT2D eigenvalue weighted by atomic mass is 10.0. The van der Waals surface area contributed by atoms with Crippen LogP contribution in [0, 0.1) is 5.92 Å². The average Bonchev–Trinajstić information content (AvgIpc) is 2.62. The third-order valence-electron chi connectivity index (χ3n) is 4.56. The first-order valence-electron chi connectivity index (χ1n) is 10.9. The van der Waals surface area contributed by atoms with Crippen LogP contribution in [0.4, 0.5) is 0 Å². The van der Waals surface area contributed by atoms with Crippen molar-refractivity contribution < 1.29 is 19.1 Å². The maximum Gasteiger partial charge on any atom is 0.344 e. The fourth-order valence-electron chi connectivity index (χ4n) is 2.82. The number of ether oxygens (including phenoxy) is 2. The van der Waals surface area contributed by atoms with E-state index in [1.54, 1.807) is 13.8 Å². The highest BCUT2D eigenvalue weighted by Crippen LogP contribution is 2.12. The van der Waals surface area contributed by atoms with E-state index in [-0.39, 0.29) is 18.5 Å². The van der Waals surface area contributed by atoms with E-state index in [9.17, 15) is 9.59 Å². The molecule has 0 N–H and O–H groups in total. The van der Waals surface area contributed by atoms with Crippen molar-refractivity contribution in [2.75, 3.05) is 13.2 Å². The van der Waals surface area contributed by atoms with Crippen LogP contribution in [-0.2, 0) is 19.1 Å². The molecule has 0 aromatic rings. The lowest BCUT2D eigenvalue weighted by Crippen LogP contribution is -2.19. The predicted molar refractivity (Wildman–Crippen MR) is 107 cm³/mol. The SMILES string of the molecule is CCCCCCCCCCCCCCCCOC(=O)COC(=O)C(C)C. The number of unbranched alkanes of at least 4 members (excludes halogenated alkanes) is 13. The van der Waals surface area contributed by atoms with Crippen molar-refractivity contribution >= 4 is 11.9 Å². The van der Waals surface area contributed by atoms with Gasteiger partial charge in [0.1, 0.15) is 0 Å². The van der Waals surface area contributed by atoms with Crippen LogP contribution in [0.25, 0.3) is 0 Å². The van der Waals surface area contributed by atoms with Crippen molar-refractivity contribution in [3.8, 4) is 0 Å². The molecule has 0 aliphatic rings. The van der Waals surface area contributed by atoms with Crippen LogP contribution < -0.4 is 0 Å². The van der Waals surface area contributed by atoms with Gasteiger partial charge in [-0.2, -0.15) is 0 Å². The normalized spacial score (nSPS) is 10.9. The zero-order valence-corrected chi connectivity index (χ0v) is 17.5. The topological polar surface area (TPSA) is 52.6 Å². The fraction of sp³-hybridized carbons (Fsp3) is 0.909. The molecule has 0 amide bonds. The Morgan fingerprint density at radius 3 is 1.50 bits per heavy atom. The van der Waals surface area contributed by atoms with Gasteiger partial charge in [0.05, 0.1) is 12.5 Å². The molecule has 0 rings (SSSR count). The molecule has 4 nitrogen and oxygen atoms in total. The molecule has 0 heterocycles. The summed E-state index contributed by atoms with van der Waals surface area (Å²) in [6, 6.07) is 0. The second-order valence-electron chi connectivity index (χ2n) is 7.58. The van der Waals surface area contributed by atoms with Crippen molar-refractivity contribution in [2.24, 2.45) is 5.92 Å². The van der Waals surface area contributed by atoms with Gasteiger partial charge >= 0.3 is 11.9 Å². The summed E-state index contributed by atoms with van der Waals surface area (Å²) in [6.07, 6.45) is 18.3. The molecule has 0 bridgehead atoms. The Kier molecular flexibility index (Phi) is 18.0. The van der Waals surface area contributed by atoms with Gasteiger partial charge in [-0.05, 0) is 6.42 Å². The molecule has 154 valence electrons. The molecular weight excluding hydrogens is 328 g/mol. The maximum absolute atomic E-state index is 11.4. The Labute approximate surface area is 161 Å². The summed E-state index contributed by atoms with van der Waals surface area (Å²) in [5.74, 6) is -1.03. The number of hydrogen-bond donors (Lipinski definition) is 0. The highest BCUT2D eigenvalue weighted by molar-refractivity contribution is 5.77. The van der Waals surface area contributed by atoms with Crippen LogP contribution in [0.5, 0.6) is 0 Å². The van der Waals surface area contributed by atoms with E-state index in [2.05, 4.69) is 6.92 Å². The van der Waals surface area contributed by atoms with Crippen LogP contribution in [0.15, 0.2) is 0 Å². The molecule has 0 spiro atoms. The largest absolute Gasteiger partial charge is 0.463 e. The van der Waals surface area contributed by atoms with Gasteiger partial charge in [-0.3, -0.25) is 4.79 Å². The zero-order valence-electron chi connectivity index (χ0n) is 17.5. The van der Waals surface area contributed by atoms with Crippen molar-refractivity contribution in [1.82, 2.24) is 0 Å². The van der Waals surface area contributed by atoms with Crippen LogP contribution in [0.1, 0.15) is 111 Å². The third kappa shape index (κ3) is 17.8. The summed E-state index contributed by atoms with van der Waals surface area (Å²) < 4.78 is 9.89. The van der Waals surface area contributed by atoms with Gasteiger partial charge in [-0.15, -0.1) is 0 Å². The predicted octanol–water partition coefficient (Wildman–Crippen LogP) is 6.21. The molecule has 0 aromatic heterocycles. The summed E-state index contributed by atoms with van der Waals surface area (Å²) in [7, 11) is 0. The third-order valence-corrected chi connectivity index (χ3v) is 4.56. The lowest BCUT2D eigenvalue weighted by molar-refractivity contribution is -0.160. The molecule has 0 atom stereocenters. The molecule has 0 fully saturated rings. The summed E-state index contributed by atoms with van der Waals surface area (Å²) in [5, 5.41) is 0. The first-order chi connectivity index (χ1) is 12.6. The molecule has 0 aliphatic heterocycles. The molecule has 0 saturated carbocycles. The van der Waals surface area contributed by atoms with Gasteiger partial charge in [0, 0.05) is 0 Å². The average molecular weight is 371 g/mol. The summed E-state index contributed by atoms with van der Waals surface area (Å²) in [6.45, 7) is 5.90. The van der Waals surface area contributed by atoms with E-state index in [1.165, 1.54) is 77.0 Å². The molecular formula is C22H42O4. The Hall–Kier alpha value is -1.06. The number of carbonyl (C=O) groups excluding carboxylic acids is 2. The van der Waals surface area contributed by atoms with E-state index in [1.807, 2.05) is 0 Å². The molecule has 0 unspecified atom stereocenters. The van der Waals surface area contributed by atoms with E-state index in [0.717, 1.165) is 12.8 Å². The molecule has 4 heteroatoms. The summed E-state index contributed by atoms with van der Waals surface area (Å²) >= 11 is 0. The molecule has 0 aromatic carbocycles. The van der Waals surface area contributed by atoms with Crippen molar-refractivity contribution in [2.45, 2.75) is 111 Å². The number of hydrogen-bond acceptors (Lipinski definition) is 4. The van der Waals surface area contributed by atoms with E-state index in [4.69, 9.17) is 9.47 Å². The summed E-state index contributed by atoms with van der Waals surface area (Å²) in [4.78, 5) is 22.6. The summed E-state index contributed by atoms with van der Waals surface area (Å²) in [5.41, 5.74) is 0. The van der Waals surface area contributed by atoms with Gasteiger partial charge in [0.2, 0.25) is 0 Å². The minimum Gasteiger partial charge on any atom is -0.463 e. The Morgan fingerprint density at radius 1 is 0.654 bits per heavy atom. The van der Waals surface area contributed by atoms with E-state index < -0.39 is 5.97 Å². The van der Waals surface area contributed by atoms with E-state index >= 15 is 0 Å². The monoisotopic (exact) mass is 370 g/mol. The molecule has 0 saturated heterocycles. The number of esters is 2. The van der Waals surface area contributed by atoms with Crippen LogP contribution in [0.2, 0.25) is 0 Å². The highest BCUT2D eigenvalue weighted by atomic mass is 16.6. The smallest absolute Gasteiger partial charge is 0.344 e. The van der Waals surface area contributed by atoms with Gasteiger partial charge in [-0.25, -0.2) is 4.79 Å². The van der Waals surface area contributed by atoms with Crippen LogP contribution in [0.3, 0.4) is 0 Å².